The topological polar surface area (TPSA) is 77.2 Å². The number of hydrogen-bond donors (Lipinski definition) is 2. The Hall–Kier alpha value is -2.56. The zero-order valence-electron chi connectivity index (χ0n) is 9.67. The molecule has 0 fully saturated rings. The van der Waals surface area contributed by atoms with Crippen LogP contribution in [0.1, 0.15) is 0 Å². The maximum atomic E-state index is 11.6. The highest BCUT2D eigenvalue weighted by molar-refractivity contribution is 5.90. The van der Waals surface area contributed by atoms with Crippen molar-refractivity contribution >= 4 is 17.4 Å². The van der Waals surface area contributed by atoms with Crippen LogP contribution in [0.2, 0.25) is 0 Å². The molecule has 0 saturated carbocycles. The van der Waals surface area contributed by atoms with Crippen LogP contribution in [0.4, 0.5) is 11.5 Å². The third-order valence-corrected chi connectivity index (χ3v) is 2.21. The van der Waals surface area contributed by atoms with Gasteiger partial charge in [-0.15, -0.1) is 0 Å². The first-order valence-corrected chi connectivity index (χ1v) is 5.44. The van der Waals surface area contributed by atoms with Crippen LogP contribution in [0.25, 0.3) is 0 Å². The SMILES string of the molecule is Nc1ccccc1OCC(=O)Nc1ccccn1. The van der Waals surface area contributed by atoms with Crippen molar-refractivity contribution in [3.63, 3.8) is 0 Å². The Morgan fingerprint density at radius 1 is 1.22 bits per heavy atom. The van der Waals surface area contributed by atoms with Gasteiger partial charge in [0.15, 0.2) is 6.61 Å². The summed E-state index contributed by atoms with van der Waals surface area (Å²) in [6.07, 6.45) is 1.60. The van der Waals surface area contributed by atoms with Gasteiger partial charge < -0.3 is 15.8 Å². The van der Waals surface area contributed by atoms with E-state index in [0.29, 0.717) is 17.3 Å². The highest BCUT2D eigenvalue weighted by atomic mass is 16.5. The van der Waals surface area contributed by atoms with Gasteiger partial charge in [-0.25, -0.2) is 4.98 Å². The summed E-state index contributed by atoms with van der Waals surface area (Å²) in [5.41, 5.74) is 6.19. The van der Waals surface area contributed by atoms with Crippen LogP contribution < -0.4 is 15.8 Å². The van der Waals surface area contributed by atoms with Crippen molar-refractivity contribution in [2.24, 2.45) is 0 Å². The van der Waals surface area contributed by atoms with Crippen molar-refractivity contribution in [3.8, 4) is 5.75 Å². The summed E-state index contributed by atoms with van der Waals surface area (Å²) < 4.78 is 5.31. The number of nitrogens with one attached hydrogen (secondary N) is 1. The molecule has 92 valence electrons. The molecule has 2 rings (SSSR count). The van der Waals surface area contributed by atoms with Crippen molar-refractivity contribution in [1.29, 1.82) is 0 Å². The molecule has 3 N–H and O–H groups in total. The minimum absolute atomic E-state index is 0.106. The molecule has 0 saturated heterocycles. The van der Waals surface area contributed by atoms with E-state index in [2.05, 4.69) is 10.3 Å². The number of ether oxygens (including phenoxy) is 1. The summed E-state index contributed by atoms with van der Waals surface area (Å²) in [7, 11) is 0. The van der Waals surface area contributed by atoms with Crippen LogP contribution in [-0.2, 0) is 4.79 Å². The molecule has 0 spiro atoms. The van der Waals surface area contributed by atoms with Gasteiger partial charge in [-0.2, -0.15) is 0 Å². The van der Waals surface area contributed by atoms with Gasteiger partial charge in [-0.3, -0.25) is 4.79 Å². The van der Waals surface area contributed by atoms with E-state index in [9.17, 15) is 4.79 Å². The molecule has 0 aliphatic carbocycles. The number of benzene rings is 1. The minimum Gasteiger partial charge on any atom is -0.482 e. The number of carbonyl (C=O) groups excluding carboxylic acids is 1. The van der Waals surface area contributed by atoms with Crippen LogP contribution in [0.15, 0.2) is 48.7 Å². The molecule has 0 radical (unpaired) electrons. The molecule has 18 heavy (non-hydrogen) atoms. The predicted octanol–water partition coefficient (Wildman–Crippen LogP) is 1.68. The average Bonchev–Trinajstić information content (AvgIpc) is 2.39. The van der Waals surface area contributed by atoms with E-state index < -0.39 is 0 Å². The average molecular weight is 243 g/mol. The summed E-state index contributed by atoms with van der Waals surface area (Å²) in [5.74, 6) is 0.706. The standard InChI is InChI=1S/C13H13N3O2/c14-10-5-1-2-6-11(10)18-9-13(17)16-12-7-3-4-8-15-12/h1-8H,9,14H2,(H,15,16,17). The first kappa shape index (κ1) is 11.9. The van der Waals surface area contributed by atoms with Crippen molar-refractivity contribution in [1.82, 2.24) is 4.98 Å². The summed E-state index contributed by atoms with van der Waals surface area (Å²) in [5, 5.41) is 2.62. The van der Waals surface area contributed by atoms with Gasteiger partial charge in [0.05, 0.1) is 5.69 Å². The molecule has 5 nitrogen and oxygen atoms in total. The van der Waals surface area contributed by atoms with Crippen molar-refractivity contribution in [3.05, 3.63) is 48.7 Å². The predicted molar refractivity (Wildman–Crippen MR) is 69.2 cm³/mol. The molecule has 1 aromatic carbocycles. The number of amides is 1. The van der Waals surface area contributed by atoms with Gasteiger partial charge in [-0.05, 0) is 24.3 Å². The number of anilines is 2. The molecule has 0 aliphatic heterocycles. The van der Waals surface area contributed by atoms with E-state index >= 15 is 0 Å². The zero-order chi connectivity index (χ0) is 12.8. The van der Waals surface area contributed by atoms with Crippen LogP contribution in [0, 0.1) is 0 Å². The fourth-order valence-electron chi connectivity index (χ4n) is 1.37. The number of nitrogens with zero attached hydrogens (tertiary/aromatic N) is 1. The molecular weight excluding hydrogens is 230 g/mol. The molecule has 0 unspecified atom stereocenters. The van der Waals surface area contributed by atoms with Crippen molar-refractivity contribution in [2.75, 3.05) is 17.7 Å². The summed E-state index contributed by atoms with van der Waals surface area (Å²) in [6, 6.07) is 12.3. The fourth-order valence-corrected chi connectivity index (χ4v) is 1.37. The van der Waals surface area contributed by atoms with Gasteiger partial charge in [-0.1, -0.05) is 18.2 Å². The Labute approximate surface area is 105 Å². The van der Waals surface area contributed by atoms with Gasteiger partial charge in [0, 0.05) is 6.20 Å². The Morgan fingerprint density at radius 2 is 2.00 bits per heavy atom. The van der Waals surface area contributed by atoms with Gasteiger partial charge in [0.25, 0.3) is 5.91 Å². The zero-order valence-corrected chi connectivity index (χ0v) is 9.67. The highest BCUT2D eigenvalue weighted by Gasteiger charge is 2.05. The third kappa shape index (κ3) is 3.21. The smallest absolute Gasteiger partial charge is 0.263 e. The molecule has 0 atom stereocenters. The van der Waals surface area contributed by atoms with Crippen LogP contribution in [0.3, 0.4) is 0 Å². The van der Waals surface area contributed by atoms with Crippen LogP contribution in [0.5, 0.6) is 5.75 Å². The summed E-state index contributed by atoms with van der Waals surface area (Å²) in [6.45, 7) is -0.106. The lowest BCUT2D eigenvalue weighted by Gasteiger charge is -2.08. The van der Waals surface area contributed by atoms with Crippen molar-refractivity contribution < 1.29 is 9.53 Å². The maximum absolute atomic E-state index is 11.6. The fraction of sp³-hybridized carbons (Fsp3) is 0.0769. The molecule has 0 bridgehead atoms. The lowest BCUT2D eigenvalue weighted by Crippen LogP contribution is -2.20. The molecule has 5 heteroatoms. The number of nitrogens with two attached hydrogens (primary N) is 1. The maximum Gasteiger partial charge on any atom is 0.263 e. The highest BCUT2D eigenvalue weighted by Crippen LogP contribution is 2.19. The number of carbonyl (C=O) groups is 1. The number of hydrogen-bond acceptors (Lipinski definition) is 4. The minimum atomic E-state index is -0.281. The largest absolute Gasteiger partial charge is 0.482 e. The summed E-state index contributed by atoms with van der Waals surface area (Å²) >= 11 is 0. The lowest BCUT2D eigenvalue weighted by molar-refractivity contribution is -0.118. The van der Waals surface area contributed by atoms with Gasteiger partial charge >= 0.3 is 0 Å². The van der Waals surface area contributed by atoms with Crippen LogP contribution in [-0.4, -0.2) is 17.5 Å². The number of rotatable bonds is 4. The molecule has 1 aromatic heterocycles. The normalized spacial score (nSPS) is 9.78. The number of para-hydroxylation sites is 2. The van der Waals surface area contributed by atoms with E-state index in [1.807, 2.05) is 0 Å². The van der Waals surface area contributed by atoms with E-state index in [4.69, 9.17) is 10.5 Å². The quantitative estimate of drug-likeness (QED) is 0.801. The van der Waals surface area contributed by atoms with Crippen molar-refractivity contribution in [2.45, 2.75) is 0 Å². The Morgan fingerprint density at radius 3 is 2.72 bits per heavy atom. The first-order chi connectivity index (χ1) is 8.75. The lowest BCUT2D eigenvalue weighted by atomic mass is 10.3. The van der Waals surface area contributed by atoms with Gasteiger partial charge in [0.1, 0.15) is 11.6 Å². The van der Waals surface area contributed by atoms with E-state index in [1.165, 1.54) is 0 Å². The second-order valence-corrected chi connectivity index (χ2v) is 3.59. The monoisotopic (exact) mass is 243 g/mol. The van der Waals surface area contributed by atoms with Crippen LogP contribution >= 0.6 is 0 Å². The molecule has 1 amide bonds. The first-order valence-electron chi connectivity index (χ1n) is 5.44. The van der Waals surface area contributed by atoms with Gasteiger partial charge in [0.2, 0.25) is 0 Å². The van der Waals surface area contributed by atoms with E-state index in [0.717, 1.165) is 0 Å². The van der Waals surface area contributed by atoms with E-state index in [-0.39, 0.29) is 12.5 Å². The third-order valence-electron chi connectivity index (χ3n) is 2.21. The summed E-state index contributed by atoms with van der Waals surface area (Å²) in [4.78, 5) is 15.6. The molecule has 0 aliphatic rings. The number of nitrogen functional groups attached to an aromatic ring is 1. The Bertz CT molecular complexity index is 529. The second kappa shape index (κ2) is 5.67. The second-order valence-electron chi connectivity index (χ2n) is 3.59. The number of pyridine rings is 1. The molecule has 2 aromatic rings. The molecular formula is C13H13N3O2. The Balaban J connectivity index is 1.88. The van der Waals surface area contributed by atoms with E-state index in [1.54, 1.807) is 48.7 Å². The Kier molecular flexibility index (Phi) is 3.76. The molecule has 1 heterocycles. The number of aromatic nitrogens is 1.